The van der Waals surface area contributed by atoms with E-state index in [1.807, 2.05) is 6.07 Å². The third-order valence-corrected chi connectivity index (χ3v) is 4.47. The fourth-order valence-electron chi connectivity index (χ4n) is 3.19. The zero-order valence-corrected chi connectivity index (χ0v) is 12.7. The van der Waals surface area contributed by atoms with Gasteiger partial charge in [0, 0.05) is 22.8 Å². The highest BCUT2D eigenvalue weighted by Crippen LogP contribution is 2.34. The van der Waals surface area contributed by atoms with E-state index in [9.17, 15) is 5.11 Å². The molecule has 3 rings (SSSR count). The summed E-state index contributed by atoms with van der Waals surface area (Å²) in [7, 11) is 0. The maximum Gasteiger partial charge on any atom is 0.119 e. The van der Waals surface area contributed by atoms with Gasteiger partial charge in [0.05, 0.1) is 0 Å². The Morgan fingerprint density at radius 2 is 1.67 bits per heavy atom. The predicted octanol–water partition coefficient (Wildman–Crippen LogP) is 5.18. The van der Waals surface area contributed by atoms with E-state index in [1.54, 1.807) is 12.1 Å². The van der Waals surface area contributed by atoms with Gasteiger partial charge in [0.1, 0.15) is 5.75 Å². The van der Waals surface area contributed by atoms with Gasteiger partial charge in [0.25, 0.3) is 0 Å². The Morgan fingerprint density at radius 3 is 2.33 bits per heavy atom. The maximum atomic E-state index is 9.59. The Labute approximate surface area is 130 Å². The van der Waals surface area contributed by atoms with Gasteiger partial charge in [0.15, 0.2) is 0 Å². The molecule has 110 valence electrons. The lowest BCUT2D eigenvalue weighted by Crippen LogP contribution is -2.25. The maximum absolute atomic E-state index is 9.59. The van der Waals surface area contributed by atoms with Crippen LogP contribution < -0.4 is 5.32 Å². The predicted molar refractivity (Wildman–Crippen MR) is 88.2 cm³/mol. The number of phenols is 1. The van der Waals surface area contributed by atoms with Crippen LogP contribution in [0.15, 0.2) is 48.5 Å². The molecule has 0 bridgehead atoms. The van der Waals surface area contributed by atoms with Gasteiger partial charge in [-0.05, 0) is 49.3 Å². The molecule has 1 saturated carbocycles. The number of hydrogen-bond acceptors (Lipinski definition) is 2. The van der Waals surface area contributed by atoms with Crippen LogP contribution in [0.4, 0.5) is 5.69 Å². The summed E-state index contributed by atoms with van der Waals surface area (Å²) in [5.41, 5.74) is 2.36. The third kappa shape index (κ3) is 3.70. The molecular formula is C18H20ClNO. The average molecular weight is 302 g/mol. The number of nitrogens with one attached hydrogen (secondary N) is 1. The number of benzene rings is 2. The van der Waals surface area contributed by atoms with E-state index in [1.165, 1.54) is 18.4 Å². The van der Waals surface area contributed by atoms with E-state index in [-0.39, 0.29) is 5.75 Å². The second-order valence-corrected chi connectivity index (χ2v) is 6.24. The minimum Gasteiger partial charge on any atom is -0.508 e. The summed E-state index contributed by atoms with van der Waals surface area (Å²) in [5, 5.41) is 13.6. The fraction of sp³-hybridized carbons (Fsp3) is 0.333. The highest BCUT2D eigenvalue weighted by Gasteiger charge is 2.22. The van der Waals surface area contributed by atoms with Crippen molar-refractivity contribution in [1.29, 1.82) is 0 Å². The quantitative estimate of drug-likeness (QED) is 0.818. The zero-order valence-electron chi connectivity index (χ0n) is 11.9. The number of hydrogen-bond donors (Lipinski definition) is 2. The second kappa shape index (κ2) is 6.40. The zero-order chi connectivity index (χ0) is 14.7. The smallest absolute Gasteiger partial charge is 0.119 e. The van der Waals surface area contributed by atoms with Gasteiger partial charge in [-0.15, -0.1) is 0 Å². The Morgan fingerprint density at radius 1 is 0.952 bits per heavy atom. The second-order valence-electron chi connectivity index (χ2n) is 5.80. The Hall–Kier alpha value is -1.67. The standard InChI is InChI=1S/C18H20ClNO/c19-15-10-17(12-18(21)11-15)20-16-8-6-14(7-9-16)13-4-2-1-3-5-13/h1-5,10-12,14,16,20-21H,6-9H2/t14-,16-. The topological polar surface area (TPSA) is 32.3 Å². The monoisotopic (exact) mass is 301 g/mol. The highest BCUT2D eigenvalue weighted by atomic mass is 35.5. The number of phenolic OH excluding ortho intramolecular Hbond substituents is 1. The first-order valence-electron chi connectivity index (χ1n) is 7.52. The van der Waals surface area contributed by atoms with Crippen molar-refractivity contribution in [3.05, 3.63) is 59.1 Å². The summed E-state index contributed by atoms with van der Waals surface area (Å²) in [5.74, 6) is 0.889. The van der Waals surface area contributed by atoms with Crippen LogP contribution in [0, 0.1) is 0 Å². The molecule has 1 aliphatic rings. The number of rotatable bonds is 3. The van der Waals surface area contributed by atoms with Crippen molar-refractivity contribution in [2.45, 2.75) is 37.6 Å². The largest absolute Gasteiger partial charge is 0.508 e. The first-order chi connectivity index (χ1) is 10.2. The van der Waals surface area contributed by atoms with Gasteiger partial charge in [0.2, 0.25) is 0 Å². The van der Waals surface area contributed by atoms with Crippen LogP contribution in [0.5, 0.6) is 5.75 Å². The van der Waals surface area contributed by atoms with Gasteiger partial charge in [-0.3, -0.25) is 0 Å². The summed E-state index contributed by atoms with van der Waals surface area (Å²) >= 11 is 5.97. The lowest BCUT2D eigenvalue weighted by Gasteiger charge is -2.30. The van der Waals surface area contributed by atoms with Crippen molar-refractivity contribution >= 4 is 17.3 Å². The molecular weight excluding hydrogens is 282 g/mol. The molecule has 0 radical (unpaired) electrons. The van der Waals surface area contributed by atoms with Gasteiger partial charge < -0.3 is 10.4 Å². The molecule has 0 amide bonds. The van der Waals surface area contributed by atoms with Crippen molar-refractivity contribution < 1.29 is 5.11 Å². The molecule has 0 heterocycles. The summed E-state index contributed by atoms with van der Waals surface area (Å²) in [6, 6.07) is 16.4. The van der Waals surface area contributed by atoms with Gasteiger partial charge >= 0.3 is 0 Å². The molecule has 3 heteroatoms. The van der Waals surface area contributed by atoms with Crippen LogP contribution in [-0.4, -0.2) is 11.1 Å². The Bertz CT molecular complexity index is 571. The van der Waals surface area contributed by atoms with E-state index in [4.69, 9.17) is 11.6 Å². The van der Waals surface area contributed by atoms with E-state index >= 15 is 0 Å². The van der Waals surface area contributed by atoms with Crippen LogP contribution in [-0.2, 0) is 0 Å². The van der Waals surface area contributed by atoms with Gasteiger partial charge in [-0.25, -0.2) is 0 Å². The van der Waals surface area contributed by atoms with E-state index in [0.29, 0.717) is 17.0 Å². The van der Waals surface area contributed by atoms with Crippen molar-refractivity contribution in [1.82, 2.24) is 0 Å². The number of aromatic hydroxyl groups is 1. The first kappa shape index (κ1) is 14.3. The molecule has 0 unspecified atom stereocenters. The molecule has 0 spiro atoms. The van der Waals surface area contributed by atoms with Crippen LogP contribution in [0.1, 0.15) is 37.2 Å². The van der Waals surface area contributed by atoms with Crippen LogP contribution in [0.2, 0.25) is 5.02 Å². The molecule has 2 aromatic rings. The van der Waals surface area contributed by atoms with Crippen LogP contribution in [0.3, 0.4) is 0 Å². The van der Waals surface area contributed by atoms with Crippen molar-refractivity contribution in [2.24, 2.45) is 0 Å². The van der Waals surface area contributed by atoms with Gasteiger partial charge in [-0.1, -0.05) is 41.9 Å². The summed E-state index contributed by atoms with van der Waals surface area (Å²) in [6.45, 7) is 0. The number of anilines is 1. The molecule has 0 aromatic heterocycles. The normalized spacial score (nSPS) is 22.0. The number of halogens is 1. The molecule has 21 heavy (non-hydrogen) atoms. The summed E-state index contributed by atoms with van der Waals surface area (Å²) in [6.07, 6.45) is 4.70. The van der Waals surface area contributed by atoms with Crippen LogP contribution in [0.25, 0.3) is 0 Å². The molecule has 0 saturated heterocycles. The lowest BCUT2D eigenvalue weighted by molar-refractivity contribution is 0.412. The molecule has 2 aromatic carbocycles. The van der Waals surface area contributed by atoms with E-state index in [2.05, 4.69) is 35.6 Å². The Balaban J connectivity index is 1.58. The first-order valence-corrected chi connectivity index (χ1v) is 7.89. The Kier molecular flexibility index (Phi) is 4.35. The van der Waals surface area contributed by atoms with Crippen molar-refractivity contribution in [3.8, 4) is 5.75 Å². The SMILES string of the molecule is Oc1cc(Cl)cc(N[C@H]2CC[C@H](c3ccccc3)CC2)c1. The van der Waals surface area contributed by atoms with Gasteiger partial charge in [-0.2, -0.15) is 0 Å². The molecule has 2 nitrogen and oxygen atoms in total. The molecule has 0 aliphatic heterocycles. The fourth-order valence-corrected chi connectivity index (χ4v) is 3.42. The van der Waals surface area contributed by atoms with E-state index < -0.39 is 0 Å². The average Bonchev–Trinajstić information content (AvgIpc) is 2.48. The van der Waals surface area contributed by atoms with Crippen LogP contribution >= 0.6 is 11.6 Å². The van der Waals surface area contributed by atoms with E-state index in [0.717, 1.165) is 18.5 Å². The van der Waals surface area contributed by atoms with Crippen molar-refractivity contribution in [3.63, 3.8) is 0 Å². The summed E-state index contributed by atoms with van der Waals surface area (Å²) in [4.78, 5) is 0. The van der Waals surface area contributed by atoms with Crippen molar-refractivity contribution in [2.75, 3.05) is 5.32 Å². The lowest BCUT2D eigenvalue weighted by atomic mass is 9.82. The minimum atomic E-state index is 0.211. The molecule has 0 atom stereocenters. The molecule has 1 fully saturated rings. The minimum absolute atomic E-state index is 0.211. The summed E-state index contributed by atoms with van der Waals surface area (Å²) < 4.78 is 0. The highest BCUT2D eigenvalue weighted by molar-refractivity contribution is 6.31. The molecule has 2 N–H and O–H groups in total. The molecule has 1 aliphatic carbocycles. The third-order valence-electron chi connectivity index (χ3n) is 4.25.